The van der Waals surface area contributed by atoms with Crippen LogP contribution in [0.1, 0.15) is 18.1 Å². The predicted molar refractivity (Wildman–Crippen MR) is 80.1 cm³/mol. The normalized spacial score (nSPS) is 10.5. The highest BCUT2D eigenvalue weighted by Gasteiger charge is 2.10. The summed E-state index contributed by atoms with van der Waals surface area (Å²) >= 11 is 6.24. The summed E-state index contributed by atoms with van der Waals surface area (Å²) < 4.78 is 6.03. The zero-order valence-electron chi connectivity index (χ0n) is 11.0. The first-order chi connectivity index (χ1) is 9.26. The number of halogens is 1. The molecular formula is C16H18ClNO. The van der Waals surface area contributed by atoms with E-state index in [4.69, 9.17) is 22.1 Å². The van der Waals surface area contributed by atoms with Gasteiger partial charge in [-0.1, -0.05) is 48.9 Å². The summed E-state index contributed by atoms with van der Waals surface area (Å²) in [5.74, 6) is 1.58. The Hall–Kier alpha value is -1.51. The number of hydrogen-bond acceptors (Lipinski definition) is 2. The maximum atomic E-state index is 6.24. The van der Waals surface area contributed by atoms with Crippen molar-refractivity contribution in [3.63, 3.8) is 0 Å². The van der Waals surface area contributed by atoms with Crippen molar-refractivity contribution in [1.29, 1.82) is 0 Å². The molecule has 2 rings (SSSR count). The number of hydrogen-bond donors (Lipinski definition) is 1. The van der Waals surface area contributed by atoms with Crippen LogP contribution in [0.15, 0.2) is 42.5 Å². The van der Waals surface area contributed by atoms with Gasteiger partial charge in [0.25, 0.3) is 0 Å². The zero-order valence-corrected chi connectivity index (χ0v) is 11.8. The van der Waals surface area contributed by atoms with Gasteiger partial charge in [-0.2, -0.15) is 0 Å². The van der Waals surface area contributed by atoms with Crippen LogP contribution in [0, 0.1) is 0 Å². The molecule has 0 saturated carbocycles. The lowest BCUT2D eigenvalue weighted by atomic mass is 10.1. The van der Waals surface area contributed by atoms with E-state index >= 15 is 0 Å². The summed E-state index contributed by atoms with van der Waals surface area (Å²) in [6.45, 7) is 2.68. The molecule has 0 aromatic heterocycles. The van der Waals surface area contributed by atoms with E-state index in [0.717, 1.165) is 29.9 Å². The fraction of sp³-hybridized carbons (Fsp3) is 0.250. The fourth-order valence-corrected chi connectivity index (χ4v) is 2.26. The van der Waals surface area contributed by atoms with E-state index < -0.39 is 0 Å². The monoisotopic (exact) mass is 275 g/mol. The van der Waals surface area contributed by atoms with Crippen LogP contribution in [0.3, 0.4) is 0 Å². The van der Waals surface area contributed by atoms with Gasteiger partial charge in [-0.15, -0.1) is 0 Å². The minimum atomic E-state index is 0.576. The van der Waals surface area contributed by atoms with Crippen LogP contribution in [-0.4, -0.2) is 6.54 Å². The molecule has 0 atom stereocenters. The molecule has 19 heavy (non-hydrogen) atoms. The molecule has 0 aliphatic carbocycles. The van der Waals surface area contributed by atoms with E-state index in [-0.39, 0.29) is 0 Å². The lowest BCUT2D eigenvalue weighted by molar-refractivity contribution is 0.471. The van der Waals surface area contributed by atoms with Crippen molar-refractivity contribution in [2.45, 2.75) is 19.8 Å². The molecule has 0 bridgehead atoms. The minimum absolute atomic E-state index is 0.576. The topological polar surface area (TPSA) is 35.2 Å². The Morgan fingerprint density at radius 3 is 2.53 bits per heavy atom. The second-order valence-corrected chi connectivity index (χ2v) is 4.74. The Balaban J connectivity index is 2.37. The maximum Gasteiger partial charge on any atom is 0.149 e. The van der Waals surface area contributed by atoms with E-state index in [0.29, 0.717) is 11.6 Å². The van der Waals surface area contributed by atoms with Crippen LogP contribution in [0.25, 0.3) is 0 Å². The molecule has 2 aromatic carbocycles. The standard InChI is InChI=1S/C16H18ClNO/c1-2-12-6-3-4-9-15(12)19-16-13(10-11-18)7-5-8-14(16)17/h3-9H,2,10-11,18H2,1H3. The van der Waals surface area contributed by atoms with Crippen LogP contribution in [0.5, 0.6) is 11.5 Å². The third kappa shape index (κ3) is 3.28. The molecule has 2 nitrogen and oxygen atoms in total. The SMILES string of the molecule is CCc1ccccc1Oc1c(Cl)cccc1CCN. The second-order valence-electron chi connectivity index (χ2n) is 4.33. The number of rotatable bonds is 5. The van der Waals surface area contributed by atoms with Crippen molar-refractivity contribution < 1.29 is 4.74 Å². The van der Waals surface area contributed by atoms with Crippen LogP contribution < -0.4 is 10.5 Å². The third-order valence-electron chi connectivity index (χ3n) is 3.03. The number of aryl methyl sites for hydroxylation is 1. The van der Waals surface area contributed by atoms with E-state index in [9.17, 15) is 0 Å². The van der Waals surface area contributed by atoms with Crippen molar-refractivity contribution in [1.82, 2.24) is 0 Å². The summed E-state index contributed by atoms with van der Waals surface area (Å²) in [4.78, 5) is 0. The van der Waals surface area contributed by atoms with Gasteiger partial charge in [0.1, 0.15) is 11.5 Å². The first-order valence-electron chi connectivity index (χ1n) is 6.49. The first kappa shape index (κ1) is 13.9. The van der Waals surface area contributed by atoms with Crippen LogP contribution in [0.4, 0.5) is 0 Å². The molecule has 0 amide bonds. The van der Waals surface area contributed by atoms with E-state index in [2.05, 4.69) is 13.0 Å². The van der Waals surface area contributed by atoms with Crippen molar-refractivity contribution in [2.75, 3.05) is 6.54 Å². The molecule has 0 fully saturated rings. The molecule has 2 aromatic rings. The van der Waals surface area contributed by atoms with Gasteiger partial charge in [-0.3, -0.25) is 0 Å². The lowest BCUT2D eigenvalue weighted by Gasteiger charge is -2.14. The highest BCUT2D eigenvalue weighted by atomic mass is 35.5. The van der Waals surface area contributed by atoms with E-state index in [1.807, 2.05) is 36.4 Å². The number of benzene rings is 2. The summed E-state index contributed by atoms with van der Waals surface area (Å²) in [7, 11) is 0. The van der Waals surface area contributed by atoms with Crippen molar-refractivity contribution >= 4 is 11.6 Å². The third-order valence-corrected chi connectivity index (χ3v) is 3.33. The van der Waals surface area contributed by atoms with Gasteiger partial charge in [0.2, 0.25) is 0 Å². The summed E-state index contributed by atoms with van der Waals surface area (Å²) in [6, 6.07) is 13.8. The van der Waals surface area contributed by atoms with Gasteiger partial charge in [-0.05, 0) is 42.6 Å². The molecule has 2 N–H and O–H groups in total. The molecule has 0 saturated heterocycles. The van der Waals surface area contributed by atoms with Crippen LogP contribution in [0.2, 0.25) is 5.02 Å². The van der Waals surface area contributed by atoms with Gasteiger partial charge in [0, 0.05) is 0 Å². The molecule has 100 valence electrons. The molecule has 0 unspecified atom stereocenters. The maximum absolute atomic E-state index is 6.24. The Morgan fingerprint density at radius 1 is 1.05 bits per heavy atom. The second kappa shape index (κ2) is 6.60. The van der Waals surface area contributed by atoms with E-state index in [1.54, 1.807) is 0 Å². The molecule has 3 heteroatoms. The van der Waals surface area contributed by atoms with Crippen LogP contribution >= 0.6 is 11.6 Å². The molecule has 0 heterocycles. The van der Waals surface area contributed by atoms with Gasteiger partial charge < -0.3 is 10.5 Å². The van der Waals surface area contributed by atoms with Crippen molar-refractivity contribution in [3.8, 4) is 11.5 Å². The van der Waals surface area contributed by atoms with Gasteiger partial charge in [-0.25, -0.2) is 0 Å². The summed E-state index contributed by atoms with van der Waals surface area (Å²) in [5, 5.41) is 0.622. The highest BCUT2D eigenvalue weighted by Crippen LogP contribution is 2.34. The largest absolute Gasteiger partial charge is 0.455 e. The minimum Gasteiger partial charge on any atom is -0.455 e. The molecule has 0 aliphatic rings. The summed E-state index contributed by atoms with van der Waals surface area (Å²) in [5.41, 5.74) is 7.84. The number of nitrogens with two attached hydrogens (primary N) is 1. The highest BCUT2D eigenvalue weighted by molar-refractivity contribution is 6.32. The molecule has 0 spiro atoms. The van der Waals surface area contributed by atoms with Crippen LogP contribution in [-0.2, 0) is 12.8 Å². The van der Waals surface area contributed by atoms with Crippen molar-refractivity contribution in [3.05, 3.63) is 58.6 Å². The average molecular weight is 276 g/mol. The van der Waals surface area contributed by atoms with Gasteiger partial charge >= 0.3 is 0 Å². The molecule has 0 aliphatic heterocycles. The molecular weight excluding hydrogens is 258 g/mol. The Bertz CT molecular complexity index is 554. The first-order valence-corrected chi connectivity index (χ1v) is 6.87. The predicted octanol–water partition coefficient (Wildman–Crippen LogP) is 4.20. The van der Waals surface area contributed by atoms with Gasteiger partial charge in [0.15, 0.2) is 0 Å². The fourth-order valence-electron chi connectivity index (χ4n) is 2.03. The van der Waals surface area contributed by atoms with E-state index in [1.165, 1.54) is 5.56 Å². The quantitative estimate of drug-likeness (QED) is 0.888. The Labute approximate surface area is 119 Å². The summed E-state index contributed by atoms with van der Waals surface area (Å²) in [6.07, 6.45) is 1.68. The lowest BCUT2D eigenvalue weighted by Crippen LogP contribution is -2.04. The Kier molecular flexibility index (Phi) is 4.83. The molecule has 0 radical (unpaired) electrons. The van der Waals surface area contributed by atoms with Gasteiger partial charge in [0.05, 0.1) is 5.02 Å². The zero-order chi connectivity index (χ0) is 13.7. The smallest absolute Gasteiger partial charge is 0.149 e. The number of para-hydroxylation sites is 2. The average Bonchev–Trinajstić information content (AvgIpc) is 2.43. The number of ether oxygens (including phenoxy) is 1. The van der Waals surface area contributed by atoms with Crippen molar-refractivity contribution in [2.24, 2.45) is 5.73 Å². The Morgan fingerprint density at radius 2 is 1.79 bits per heavy atom.